The van der Waals surface area contributed by atoms with Gasteiger partial charge in [0.1, 0.15) is 5.82 Å². The highest BCUT2D eigenvalue weighted by Crippen LogP contribution is 2.30. The van der Waals surface area contributed by atoms with Gasteiger partial charge in [-0.25, -0.2) is 8.91 Å². The van der Waals surface area contributed by atoms with Crippen LogP contribution in [0, 0.1) is 11.7 Å². The Morgan fingerprint density at radius 3 is 3.11 bits per heavy atom. The monoisotopic (exact) mass is 263 g/mol. The summed E-state index contributed by atoms with van der Waals surface area (Å²) in [5.74, 6) is 0.816. The van der Waals surface area contributed by atoms with E-state index in [1.807, 2.05) is 7.05 Å². The van der Waals surface area contributed by atoms with Gasteiger partial charge in [-0.3, -0.25) is 0 Å². The number of rotatable bonds is 3. The molecular formula is C13H18FN5. The lowest BCUT2D eigenvalue weighted by molar-refractivity contribution is 0.469. The molecule has 2 N–H and O–H groups in total. The minimum absolute atomic E-state index is 0.313. The van der Waals surface area contributed by atoms with Crippen molar-refractivity contribution in [3.05, 3.63) is 24.1 Å². The number of nitrogens with zero attached hydrogens (tertiary/aromatic N) is 4. The second-order valence-corrected chi connectivity index (χ2v) is 5.17. The summed E-state index contributed by atoms with van der Waals surface area (Å²) in [5, 5.41) is 4.34. The molecular weight excluding hydrogens is 245 g/mol. The molecule has 0 spiro atoms. The summed E-state index contributed by atoms with van der Waals surface area (Å²) in [4.78, 5) is 6.52. The van der Waals surface area contributed by atoms with Crippen LogP contribution >= 0.6 is 0 Å². The molecule has 0 amide bonds. The lowest BCUT2D eigenvalue weighted by Crippen LogP contribution is -2.38. The second kappa shape index (κ2) is 4.77. The topological polar surface area (TPSA) is 59.5 Å². The zero-order valence-corrected chi connectivity index (χ0v) is 11.0. The standard InChI is InChI=1S/C13H18FN5/c1-18(11-4-2-3-9(11)7-15)13-16-12-6-5-10(14)8-19(12)17-13/h5-6,8-9,11H,2-4,7,15H2,1H3. The largest absolute Gasteiger partial charge is 0.339 e. The summed E-state index contributed by atoms with van der Waals surface area (Å²) < 4.78 is 14.6. The summed E-state index contributed by atoms with van der Waals surface area (Å²) in [7, 11) is 1.99. The van der Waals surface area contributed by atoms with Gasteiger partial charge in [0.25, 0.3) is 0 Å². The van der Waals surface area contributed by atoms with Crippen LogP contribution in [-0.4, -0.2) is 34.2 Å². The highest BCUT2D eigenvalue weighted by Gasteiger charge is 2.31. The molecule has 102 valence electrons. The molecule has 1 aliphatic rings. The van der Waals surface area contributed by atoms with Crippen LogP contribution in [0.2, 0.25) is 0 Å². The Kier molecular flexibility index (Phi) is 3.10. The Hall–Kier alpha value is -1.69. The van der Waals surface area contributed by atoms with Gasteiger partial charge in [-0.1, -0.05) is 6.42 Å². The molecule has 5 nitrogen and oxygen atoms in total. The number of hydrogen-bond acceptors (Lipinski definition) is 4. The summed E-state index contributed by atoms with van der Waals surface area (Å²) in [6.07, 6.45) is 4.81. The predicted octanol–water partition coefficient (Wildman–Crippen LogP) is 1.43. The van der Waals surface area contributed by atoms with Gasteiger partial charge in [0.15, 0.2) is 5.65 Å². The van der Waals surface area contributed by atoms with Crippen LogP contribution in [-0.2, 0) is 0 Å². The maximum Gasteiger partial charge on any atom is 0.245 e. The molecule has 19 heavy (non-hydrogen) atoms. The van der Waals surface area contributed by atoms with Gasteiger partial charge in [-0.2, -0.15) is 4.98 Å². The third-order valence-corrected chi connectivity index (χ3v) is 4.02. The Morgan fingerprint density at radius 2 is 2.32 bits per heavy atom. The molecule has 6 heteroatoms. The highest BCUT2D eigenvalue weighted by atomic mass is 19.1. The number of pyridine rings is 1. The molecule has 1 saturated carbocycles. The Bertz CT molecular complexity index is 581. The number of anilines is 1. The van der Waals surface area contributed by atoms with Crippen LogP contribution in [0.3, 0.4) is 0 Å². The van der Waals surface area contributed by atoms with E-state index in [-0.39, 0.29) is 5.82 Å². The molecule has 2 aromatic heterocycles. The molecule has 0 aliphatic heterocycles. The average Bonchev–Trinajstić information content (AvgIpc) is 3.03. The van der Waals surface area contributed by atoms with Crippen molar-refractivity contribution in [2.75, 3.05) is 18.5 Å². The quantitative estimate of drug-likeness (QED) is 0.910. The molecule has 0 radical (unpaired) electrons. The molecule has 3 rings (SSSR count). The molecule has 0 bridgehead atoms. The van der Waals surface area contributed by atoms with Crippen molar-refractivity contribution < 1.29 is 4.39 Å². The van der Waals surface area contributed by atoms with Crippen LogP contribution in [0.25, 0.3) is 5.65 Å². The van der Waals surface area contributed by atoms with E-state index in [1.165, 1.54) is 23.2 Å². The Balaban J connectivity index is 1.90. The molecule has 2 heterocycles. The van der Waals surface area contributed by atoms with Crippen molar-refractivity contribution in [2.45, 2.75) is 25.3 Å². The fourth-order valence-corrected chi connectivity index (χ4v) is 2.95. The second-order valence-electron chi connectivity index (χ2n) is 5.17. The Labute approximate surface area is 111 Å². The molecule has 0 saturated heterocycles. The van der Waals surface area contributed by atoms with Gasteiger partial charge in [0.05, 0.1) is 6.20 Å². The maximum absolute atomic E-state index is 13.1. The lowest BCUT2D eigenvalue weighted by Gasteiger charge is -2.27. The number of aromatic nitrogens is 3. The van der Waals surface area contributed by atoms with E-state index in [0.29, 0.717) is 30.1 Å². The first-order valence-corrected chi connectivity index (χ1v) is 6.64. The number of fused-ring (bicyclic) bond motifs is 1. The van der Waals surface area contributed by atoms with Crippen LogP contribution in [0.4, 0.5) is 10.3 Å². The number of halogens is 1. The van der Waals surface area contributed by atoms with E-state index in [4.69, 9.17) is 5.73 Å². The SMILES string of the molecule is CN(c1nc2ccc(F)cn2n1)C1CCCC1CN. The van der Waals surface area contributed by atoms with Gasteiger partial charge in [0.2, 0.25) is 5.95 Å². The van der Waals surface area contributed by atoms with Crippen LogP contribution < -0.4 is 10.6 Å². The van der Waals surface area contributed by atoms with Crippen molar-refractivity contribution in [1.29, 1.82) is 0 Å². The smallest absolute Gasteiger partial charge is 0.245 e. The zero-order valence-electron chi connectivity index (χ0n) is 11.0. The van der Waals surface area contributed by atoms with Gasteiger partial charge < -0.3 is 10.6 Å². The first kappa shape index (κ1) is 12.3. The van der Waals surface area contributed by atoms with E-state index in [9.17, 15) is 4.39 Å². The average molecular weight is 263 g/mol. The van der Waals surface area contributed by atoms with Crippen molar-refractivity contribution >= 4 is 11.6 Å². The highest BCUT2D eigenvalue weighted by molar-refractivity contribution is 5.44. The zero-order chi connectivity index (χ0) is 13.4. The fraction of sp³-hybridized carbons (Fsp3) is 0.538. The van der Waals surface area contributed by atoms with E-state index >= 15 is 0 Å². The third-order valence-electron chi connectivity index (χ3n) is 4.02. The predicted molar refractivity (Wildman–Crippen MR) is 71.5 cm³/mol. The fourth-order valence-electron chi connectivity index (χ4n) is 2.95. The number of hydrogen-bond donors (Lipinski definition) is 1. The van der Waals surface area contributed by atoms with Gasteiger partial charge in [-0.15, -0.1) is 5.10 Å². The van der Waals surface area contributed by atoms with Crippen LogP contribution in [0.5, 0.6) is 0 Å². The van der Waals surface area contributed by atoms with Crippen LogP contribution in [0.15, 0.2) is 18.3 Å². The molecule has 2 unspecified atom stereocenters. The maximum atomic E-state index is 13.1. The molecule has 0 aromatic carbocycles. The van der Waals surface area contributed by atoms with Crippen LogP contribution in [0.1, 0.15) is 19.3 Å². The van der Waals surface area contributed by atoms with Gasteiger partial charge in [-0.05, 0) is 37.4 Å². The molecule has 2 aromatic rings. The summed E-state index contributed by atoms with van der Waals surface area (Å²) in [5.41, 5.74) is 6.47. The van der Waals surface area contributed by atoms with Crippen molar-refractivity contribution in [3.63, 3.8) is 0 Å². The molecule has 1 fully saturated rings. The third kappa shape index (κ3) is 2.16. The molecule has 1 aliphatic carbocycles. The number of nitrogens with two attached hydrogens (primary N) is 1. The van der Waals surface area contributed by atoms with Gasteiger partial charge in [0, 0.05) is 13.1 Å². The summed E-state index contributed by atoms with van der Waals surface area (Å²) >= 11 is 0. The summed E-state index contributed by atoms with van der Waals surface area (Å²) in [6, 6.07) is 3.41. The van der Waals surface area contributed by atoms with E-state index < -0.39 is 0 Å². The first-order valence-electron chi connectivity index (χ1n) is 6.64. The first-order chi connectivity index (χ1) is 9.19. The normalized spacial score (nSPS) is 23.1. The molecule has 2 atom stereocenters. The Morgan fingerprint density at radius 1 is 1.47 bits per heavy atom. The van der Waals surface area contributed by atoms with E-state index in [1.54, 1.807) is 6.07 Å². The van der Waals surface area contributed by atoms with Crippen molar-refractivity contribution in [3.8, 4) is 0 Å². The lowest BCUT2D eigenvalue weighted by atomic mass is 10.0. The van der Waals surface area contributed by atoms with Crippen molar-refractivity contribution in [2.24, 2.45) is 11.7 Å². The van der Waals surface area contributed by atoms with Gasteiger partial charge >= 0.3 is 0 Å². The summed E-state index contributed by atoms with van der Waals surface area (Å²) in [6.45, 7) is 0.691. The van der Waals surface area contributed by atoms with E-state index in [0.717, 1.165) is 12.8 Å². The van der Waals surface area contributed by atoms with Crippen molar-refractivity contribution in [1.82, 2.24) is 14.6 Å². The van der Waals surface area contributed by atoms with E-state index in [2.05, 4.69) is 15.0 Å². The minimum atomic E-state index is -0.313. The minimum Gasteiger partial charge on any atom is -0.339 e.